The van der Waals surface area contributed by atoms with Crippen molar-refractivity contribution < 1.29 is 23.9 Å². The molecule has 0 aromatic heterocycles. The number of benzene rings is 2. The number of carbonyl (C=O) groups is 3. The van der Waals surface area contributed by atoms with Gasteiger partial charge in [-0.25, -0.2) is 0 Å². The van der Waals surface area contributed by atoms with Gasteiger partial charge in [0.05, 0.1) is 23.4 Å². The molecule has 7 nitrogen and oxygen atoms in total. The Labute approximate surface area is 163 Å². The van der Waals surface area contributed by atoms with E-state index in [2.05, 4.69) is 5.32 Å². The smallest absolute Gasteiger partial charge is 0.261 e. The number of nitrogens with zero attached hydrogens (tertiary/aromatic N) is 1. The van der Waals surface area contributed by atoms with Gasteiger partial charge in [0.1, 0.15) is 5.75 Å². The number of hydrogen-bond acceptors (Lipinski definition) is 5. The van der Waals surface area contributed by atoms with Gasteiger partial charge in [-0.3, -0.25) is 19.3 Å². The van der Waals surface area contributed by atoms with Gasteiger partial charge in [0.25, 0.3) is 17.7 Å². The Morgan fingerprint density at radius 2 is 1.82 bits per heavy atom. The highest BCUT2D eigenvalue weighted by molar-refractivity contribution is 6.22. The second-order valence-corrected chi connectivity index (χ2v) is 6.25. The fourth-order valence-corrected chi connectivity index (χ4v) is 3.05. The molecule has 0 unspecified atom stereocenters. The van der Waals surface area contributed by atoms with Gasteiger partial charge in [0, 0.05) is 25.8 Å². The number of methoxy groups -OCH3 is 1. The van der Waals surface area contributed by atoms with Crippen LogP contribution in [0.25, 0.3) is 0 Å². The zero-order valence-electron chi connectivity index (χ0n) is 15.9. The molecule has 28 heavy (non-hydrogen) atoms. The topological polar surface area (TPSA) is 84.9 Å². The Kier molecular flexibility index (Phi) is 6.06. The van der Waals surface area contributed by atoms with E-state index in [0.29, 0.717) is 42.2 Å². The lowest BCUT2D eigenvalue weighted by molar-refractivity contribution is 0.0638. The second kappa shape index (κ2) is 8.67. The molecular weight excluding hydrogens is 360 g/mol. The molecule has 1 heterocycles. The number of anilines is 1. The van der Waals surface area contributed by atoms with E-state index in [9.17, 15) is 14.4 Å². The maximum Gasteiger partial charge on any atom is 0.261 e. The zero-order valence-corrected chi connectivity index (χ0v) is 15.9. The first-order valence-corrected chi connectivity index (χ1v) is 9.09. The van der Waals surface area contributed by atoms with E-state index in [1.807, 2.05) is 13.0 Å². The van der Waals surface area contributed by atoms with E-state index in [1.165, 1.54) is 17.0 Å². The number of nitrogens with one attached hydrogen (secondary N) is 1. The van der Waals surface area contributed by atoms with E-state index in [-0.39, 0.29) is 29.8 Å². The SMILES string of the molecule is CCOc1ccccc1NC(=O)c1ccc2c(c1)C(=O)N(CCCOC)C2=O. The van der Waals surface area contributed by atoms with E-state index in [0.717, 1.165) is 0 Å². The van der Waals surface area contributed by atoms with Crippen molar-refractivity contribution in [3.63, 3.8) is 0 Å². The molecule has 0 atom stereocenters. The molecule has 0 bridgehead atoms. The van der Waals surface area contributed by atoms with Crippen LogP contribution >= 0.6 is 0 Å². The third kappa shape index (κ3) is 3.89. The third-order valence-electron chi connectivity index (χ3n) is 4.40. The first-order valence-electron chi connectivity index (χ1n) is 9.09. The van der Waals surface area contributed by atoms with Gasteiger partial charge in [0.15, 0.2) is 0 Å². The van der Waals surface area contributed by atoms with Crippen molar-refractivity contribution in [2.75, 3.05) is 32.2 Å². The summed E-state index contributed by atoms with van der Waals surface area (Å²) in [7, 11) is 1.57. The highest BCUT2D eigenvalue weighted by Crippen LogP contribution is 2.27. The van der Waals surface area contributed by atoms with Crippen LogP contribution in [0, 0.1) is 0 Å². The maximum absolute atomic E-state index is 12.7. The molecule has 1 aliphatic heterocycles. The molecule has 3 rings (SSSR count). The van der Waals surface area contributed by atoms with Crippen molar-refractivity contribution in [1.29, 1.82) is 0 Å². The number of imide groups is 1. The number of hydrogen-bond donors (Lipinski definition) is 1. The number of ether oxygens (including phenoxy) is 2. The summed E-state index contributed by atoms with van der Waals surface area (Å²) in [6, 6.07) is 11.6. The summed E-state index contributed by atoms with van der Waals surface area (Å²) in [6.07, 6.45) is 0.559. The Hall–Kier alpha value is -3.19. The second-order valence-electron chi connectivity index (χ2n) is 6.25. The molecule has 0 saturated heterocycles. The Balaban J connectivity index is 1.79. The monoisotopic (exact) mass is 382 g/mol. The van der Waals surface area contributed by atoms with Gasteiger partial charge in [-0.05, 0) is 43.7 Å². The van der Waals surface area contributed by atoms with E-state index >= 15 is 0 Å². The first kappa shape index (κ1) is 19.6. The summed E-state index contributed by atoms with van der Waals surface area (Å²) in [5.74, 6) is -0.548. The van der Waals surface area contributed by atoms with Crippen molar-refractivity contribution in [3.05, 3.63) is 59.2 Å². The minimum Gasteiger partial charge on any atom is -0.492 e. The normalized spacial score (nSPS) is 12.9. The van der Waals surface area contributed by atoms with Crippen LogP contribution in [0.5, 0.6) is 5.75 Å². The van der Waals surface area contributed by atoms with Gasteiger partial charge < -0.3 is 14.8 Å². The van der Waals surface area contributed by atoms with Crippen molar-refractivity contribution in [2.45, 2.75) is 13.3 Å². The van der Waals surface area contributed by atoms with E-state index in [1.54, 1.807) is 31.4 Å². The Morgan fingerprint density at radius 1 is 1.07 bits per heavy atom. The van der Waals surface area contributed by atoms with Crippen LogP contribution in [-0.4, -0.2) is 49.5 Å². The molecule has 1 N–H and O–H groups in total. The van der Waals surface area contributed by atoms with E-state index < -0.39 is 0 Å². The fourth-order valence-electron chi connectivity index (χ4n) is 3.05. The average molecular weight is 382 g/mol. The highest BCUT2D eigenvalue weighted by Gasteiger charge is 2.35. The summed E-state index contributed by atoms with van der Waals surface area (Å²) in [4.78, 5) is 38.9. The zero-order chi connectivity index (χ0) is 20.1. The number of fused-ring (bicyclic) bond motifs is 1. The molecule has 1 aliphatic rings. The quantitative estimate of drug-likeness (QED) is 0.560. The summed E-state index contributed by atoms with van der Waals surface area (Å²) in [5, 5.41) is 2.79. The molecule has 3 amide bonds. The van der Waals surface area contributed by atoms with E-state index in [4.69, 9.17) is 9.47 Å². The van der Waals surface area contributed by atoms with Crippen LogP contribution < -0.4 is 10.1 Å². The minimum absolute atomic E-state index is 0.244. The predicted molar refractivity (Wildman–Crippen MR) is 104 cm³/mol. The lowest BCUT2D eigenvalue weighted by Crippen LogP contribution is -2.31. The maximum atomic E-state index is 12.7. The largest absolute Gasteiger partial charge is 0.492 e. The van der Waals surface area contributed by atoms with Crippen LogP contribution in [0.15, 0.2) is 42.5 Å². The van der Waals surface area contributed by atoms with Crippen molar-refractivity contribution >= 4 is 23.4 Å². The Bertz CT molecular complexity index is 909. The lowest BCUT2D eigenvalue weighted by Gasteiger charge is -2.12. The van der Waals surface area contributed by atoms with Gasteiger partial charge >= 0.3 is 0 Å². The lowest BCUT2D eigenvalue weighted by atomic mass is 10.1. The van der Waals surface area contributed by atoms with Crippen molar-refractivity contribution in [1.82, 2.24) is 4.90 Å². The summed E-state index contributed by atoms with van der Waals surface area (Å²) in [6.45, 7) is 3.07. The molecule has 2 aromatic rings. The fraction of sp³-hybridized carbons (Fsp3) is 0.286. The van der Waals surface area contributed by atoms with Crippen LogP contribution in [0.4, 0.5) is 5.69 Å². The molecular formula is C21H22N2O5. The molecule has 0 aliphatic carbocycles. The average Bonchev–Trinajstić information content (AvgIpc) is 2.94. The molecule has 7 heteroatoms. The summed E-state index contributed by atoms with van der Waals surface area (Å²) in [5.41, 5.74) is 1.39. The number of para-hydroxylation sites is 2. The minimum atomic E-state index is -0.388. The molecule has 0 spiro atoms. The van der Waals surface area contributed by atoms with Crippen LogP contribution in [0.1, 0.15) is 44.4 Å². The summed E-state index contributed by atoms with van der Waals surface area (Å²) >= 11 is 0. The van der Waals surface area contributed by atoms with Crippen LogP contribution in [0.3, 0.4) is 0 Å². The molecule has 146 valence electrons. The third-order valence-corrected chi connectivity index (χ3v) is 4.40. The van der Waals surface area contributed by atoms with Gasteiger partial charge in [-0.1, -0.05) is 12.1 Å². The van der Waals surface area contributed by atoms with Crippen LogP contribution in [0.2, 0.25) is 0 Å². The molecule has 0 saturated carbocycles. The predicted octanol–water partition coefficient (Wildman–Crippen LogP) is 2.97. The standard InChI is InChI=1S/C21H22N2O5/c1-3-28-18-8-5-4-7-17(18)22-19(24)14-9-10-15-16(13-14)21(26)23(20(15)25)11-6-12-27-2/h4-5,7-10,13H,3,6,11-12H2,1-2H3,(H,22,24). The van der Waals surface area contributed by atoms with Gasteiger partial charge in [0.2, 0.25) is 0 Å². The molecule has 2 aromatic carbocycles. The number of amides is 3. The molecule has 0 radical (unpaired) electrons. The Morgan fingerprint density at radius 3 is 2.57 bits per heavy atom. The number of carbonyl (C=O) groups excluding carboxylic acids is 3. The first-order chi connectivity index (χ1) is 13.6. The van der Waals surface area contributed by atoms with Crippen molar-refractivity contribution in [2.24, 2.45) is 0 Å². The van der Waals surface area contributed by atoms with Crippen LogP contribution in [-0.2, 0) is 4.74 Å². The number of rotatable bonds is 8. The summed E-state index contributed by atoms with van der Waals surface area (Å²) < 4.78 is 10.5. The van der Waals surface area contributed by atoms with Gasteiger partial charge in [-0.2, -0.15) is 0 Å². The van der Waals surface area contributed by atoms with Crippen molar-refractivity contribution in [3.8, 4) is 5.75 Å². The highest BCUT2D eigenvalue weighted by atomic mass is 16.5. The van der Waals surface area contributed by atoms with Gasteiger partial charge in [-0.15, -0.1) is 0 Å². The molecule has 0 fully saturated rings.